The third-order valence-electron chi connectivity index (χ3n) is 10.4. The Morgan fingerprint density at radius 3 is 2.49 bits per heavy atom. The van der Waals surface area contributed by atoms with Gasteiger partial charge in [-0.3, -0.25) is 19.2 Å². The van der Waals surface area contributed by atoms with Crippen LogP contribution in [0.3, 0.4) is 0 Å². The minimum atomic E-state index is -1.48. The third-order valence-corrected chi connectivity index (χ3v) is 10.4. The standard InChI is InChI=1S/C27H34O8/c1-24(2)18(11-19(28)33-5)26(4)16-6-8-25(3)23(14-7-9-34-13-14)35-20(29)12-27(25,32)17(16)10-15(21(24)30)22(26)31/h7,9,13,15-18,23,32H,6,8,10-12H2,1-5H3/t15-,16-,17-,18+,23+,25+,26-,27-/m1/s1. The van der Waals surface area contributed by atoms with E-state index in [0.717, 1.165) is 0 Å². The van der Waals surface area contributed by atoms with Crippen molar-refractivity contribution in [1.82, 2.24) is 0 Å². The summed E-state index contributed by atoms with van der Waals surface area (Å²) in [7, 11) is 1.30. The summed E-state index contributed by atoms with van der Waals surface area (Å²) in [4.78, 5) is 52.8. The number of methoxy groups -OCH3 is 1. The zero-order valence-electron chi connectivity index (χ0n) is 21.0. The van der Waals surface area contributed by atoms with E-state index < -0.39 is 57.6 Å². The zero-order chi connectivity index (χ0) is 25.6. The summed E-state index contributed by atoms with van der Waals surface area (Å²) in [6, 6.07) is 1.74. The lowest BCUT2D eigenvalue weighted by Crippen LogP contribution is -2.72. The summed E-state index contributed by atoms with van der Waals surface area (Å²) < 4.78 is 16.0. The van der Waals surface area contributed by atoms with Crippen molar-refractivity contribution in [2.24, 2.45) is 39.9 Å². The minimum Gasteiger partial charge on any atom is -0.472 e. The largest absolute Gasteiger partial charge is 0.472 e. The van der Waals surface area contributed by atoms with Crippen molar-refractivity contribution < 1.29 is 38.2 Å². The Kier molecular flexibility index (Phi) is 5.20. The van der Waals surface area contributed by atoms with Crippen molar-refractivity contribution >= 4 is 23.5 Å². The van der Waals surface area contributed by atoms with Gasteiger partial charge in [-0.2, -0.15) is 0 Å². The smallest absolute Gasteiger partial charge is 0.309 e. The van der Waals surface area contributed by atoms with Crippen LogP contribution >= 0.6 is 0 Å². The molecule has 0 unspecified atom stereocenters. The lowest BCUT2D eigenvalue weighted by atomic mass is 9.37. The lowest BCUT2D eigenvalue weighted by Gasteiger charge is -2.67. The van der Waals surface area contributed by atoms with Gasteiger partial charge in [-0.25, -0.2) is 0 Å². The number of furan rings is 1. The molecule has 0 radical (unpaired) electrons. The van der Waals surface area contributed by atoms with Gasteiger partial charge in [0.2, 0.25) is 0 Å². The second-order valence-electron chi connectivity index (χ2n) is 12.1. The molecule has 3 saturated carbocycles. The number of aliphatic hydroxyl groups is 1. The van der Waals surface area contributed by atoms with Gasteiger partial charge < -0.3 is 19.0 Å². The summed E-state index contributed by atoms with van der Waals surface area (Å²) in [6.45, 7) is 7.42. The zero-order valence-corrected chi connectivity index (χ0v) is 21.0. The summed E-state index contributed by atoms with van der Waals surface area (Å²) in [6.07, 6.45) is 3.40. The molecule has 4 fully saturated rings. The highest BCUT2D eigenvalue weighted by Gasteiger charge is 2.74. The van der Waals surface area contributed by atoms with Crippen LogP contribution in [0.25, 0.3) is 0 Å². The van der Waals surface area contributed by atoms with E-state index in [-0.39, 0.29) is 36.7 Å². The van der Waals surface area contributed by atoms with E-state index in [9.17, 15) is 24.3 Å². The Balaban J connectivity index is 1.64. The lowest BCUT2D eigenvalue weighted by molar-refractivity contribution is -0.269. The maximum absolute atomic E-state index is 13.9. The maximum atomic E-state index is 13.9. The summed E-state index contributed by atoms with van der Waals surface area (Å²) in [5, 5.41) is 12.4. The molecule has 35 heavy (non-hydrogen) atoms. The fourth-order valence-corrected chi connectivity index (χ4v) is 8.44. The van der Waals surface area contributed by atoms with Gasteiger partial charge in [-0.15, -0.1) is 0 Å². The first kappa shape index (κ1) is 24.2. The highest BCUT2D eigenvalue weighted by molar-refractivity contribution is 6.10. The van der Waals surface area contributed by atoms with Gasteiger partial charge >= 0.3 is 11.9 Å². The van der Waals surface area contributed by atoms with Gasteiger partial charge in [0.05, 0.1) is 44.0 Å². The number of carbonyl (C=O) groups is 4. The average molecular weight is 487 g/mol. The van der Waals surface area contributed by atoms with Gasteiger partial charge in [0.25, 0.3) is 0 Å². The fourth-order valence-electron chi connectivity index (χ4n) is 8.44. The predicted octanol–water partition coefficient (Wildman–Crippen LogP) is 3.41. The van der Waals surface area contributed by atoms with E-state index >= 15 is 0 Å². The van der Waals surface area contributed by atoms with Crippen molar-refractivity contribution in [2.75, 3.05) is 7.11 Å². The maximum Gasteiger partial charge on any atom is 0.309 e. The van der Waals surface area contributed by atoms with E-state index in [0.29, 0.717) is 18.4 Å². The Morgan fingerprint density at radius 1 is 1.14 bits per heavy atom. The molecule has 8 atom stereocenters. The molecule has 1 aromatic rings. The Labute approximate surface area is 204 Å². The molecule has 4 aliphatic rings. The molecule has 1 saturated heterocycles. The Bertz CT molecular complexity index is 1090. The van der Waals surface area contributed by atoms with Crippen molar-refractivity contribution in [1.29, 1.82) is 0 Å². The van der Waals surface area contributed by atoms with Gasteiger partial charge in [0, 0.05) is 21.8 Å². The predicted molar refractivity (Wildman–Crippen MR) is 122 cm³/mol. The van der Waals surface area contributed by atoms with Crippen LogP contribution < -0.4 is 0 Å². The van der Waals surface area contributed by atoms with Crippen molar-refractivity contribution in [3.63, 3.8) is 0 Å². The van der Waals surface area contributed by atoms with Crippen LogP contribution in [0.2, 0.25) is 0 Å². The summed E-state index contributed by atoms with van der Waals surface area (Å²) in [5.74, 6) is -3.53. The molecule has 8 heteroatoms. The molecule has 2 heterocycles. The van der Waals surface area contributed by atoms with Crippen LogP contribution in [-0.4, -0.2) is 41.3 Å². The molecule has 0 aromatic carbocycles. The van der Waals surface area contributed by atoms with Gasteiger partial charge in [-0.05, 0) is 43.1 Å². The number of esters is 2. The first-order valence-corrected chi connectivity index (χ1v) is 12.4. The van der Waals surface area contributed by atoms with E-state index in [4.69, 9.17) is 13.9 Å². The molecule has 3 aliphatic carbocycles. The van der Waals surface area contributed by atoms with Crippen LogP contribution in [0.4, 0.5) is 0 Å². The van der Waals surface area contributed by atoms with Crippen LogP contribution in [0, 0.1) is 39.9 Å². The van der Waals surface area contributed by atoms with Gasteiger partial charge in [0.1, 0.15) is 17.7 Å². The third kappa shape index (κ3) is 2.95. The second kappa shape index (κ2) is 7.51. The first-order chi connectivity index (χ1) is 16.3. The molecular formula is C27H34O8. The molecule has 8 nitrogen and oxygen atoms in total. The number of hydrogen-bond donors (Lipinski definition) is 1. The van der Waals surface area contributed by atoms with Crippen LogP contribution in [-0.2, 0) is 28.7 Å². The topological polar surface area (TPSA) is 120 Å². The molecule has 2 bridgehead atoms. The average Bonchev–Trinajstić information content (AvgIpc) is 3.33. The van der Waals surface area contributed by atoms with Crippen LogP contribution in [0.5, 0.6) is 0 Å². The molecular weight excluding hydrogens is 452 g/mol. The number of ketones is 2. The molecule has 1 N–H and O–H groups in total. The molecule has 0 spiro atoms. The van der Waals surface area contributed by atoms with E-state index in [1.807, 2.05) is 27.7 Å². The Hall–Kier alpha value is -2.48. The normalized spacial score (nSPS) is 44.2. The van der Waals surface area contributed by atoms with Crippen molar-refractivity contribution in [3.8, 4) is 0 Å². The SMILES string of the molecule is COC(=O)C[C@H]1C(C)(C)C(=O)[C@H]2C[C@@H]3[C@@H](CC[C@@]4(C)[C@H](c5ccoc5)OC(=O)C[C@@]34O)[C@@]1(C)C2=O. The number of ether oxygens (including phenoxy) is 2. The minimum absolute atomic E-state index is 0.0528. The van der Waals surface area contributed by atoms with Crippen LogP contribution in [0.1, 0.15) is 71.5 Å². The molecule has 1 aliphatic heterocycles. The monoisotopic (exact) mass is 486 g/mol. The first-order valence-electron chi connectivity index (χ1n) is 12.4. The number of fused-ring (bicyclic) bond motifs is 6. The van der Waals surface area contributed by atoms with Crippen molar-refractivity contribution in [2.45, 2.75) is 71.5 Å². The van der Waals surface area contributed by atoms with Crippen molar-refractivity contribution in [3.05, 3.63) is 24.2 Å². The highest BCUT2D eigenvalue weighted by atomic mass is 16.6. The summed E-state index contributed by atoms with van der Waals surface area (Å²) >= 11 is 0. The van der Waals surface area contributed by atoms with Gasteiger partial charge in [-0.1, -0.05) is 27.7 Å². The molecule has 1 aromatic heterocycles. The second-order valence-corrected chi connectivity index (χ2v) is 12.1. The highest BCUT2D eigenvalue weighted by Crippen LogP contribution is 2.70. The number of carbonyl (C=O) groups excluding carboxylic acids is 4. The van der Waals surface area contributed by atoms with E-state index in [1.165, 1.54) is 19.6 Å². The van der Waals surface area contributed by atoms with E-state index in [2.05, 4.69) is 0 Å². The summed E-state index contributed by atoms with van der Waals surface area (Å²) in [5.41, 5.74) is -3.54. The molecule has 5 rings (SSSR count). The van der Waals surface area contributed by atoms with E-state index in [1.54, 1.807) is 6.07 Å². The number of cyclic esters (lactones) is 1. The molecule has 0 amide bonds. The van der Waals surface area contributed by atoms with Crippen LogP contribution in [0.15, 0.2) is 23.0 Å². The Morgan fingerprint density at radius 2 is 1.86 bits per heavy atom. The molecule has 190 valence electrons. The number of hydrogen-bond acceptors (Lipinski definition) is 8. The number of rotatable bonds is 3. The fraction of sp³-hybridized carbons (Fsp3) is 0.704. The quantitative estimate of drug-likeness (QED) is 0.510. The number of Topliss-reactive ketones (excluding diaryl/α,β-unsaturated/α-hetero) is 2. The van der Waals surface area contributed by atoms with Gasteiger partial charge in [0.15, 0.2) is 0 Å².